The Morgan fingerprint density at radius 1 is 1.38 bits per heavy atom. The third kappa shape index (κ3) is 3.95. The van der Waals surface area contributed by atoms with Crippen LogP contribution in [-0.2, 0) is 4.79 Å². The molecule has 0 bridgehead atoms. The summed E-state index contributed by atoms with van der Waals surface area (Å²) in [5.74, 6) is 0. The second-order valence-corrected chi connectivity index (χ2v) is 3.46. The quantitative estimate of drug-likeness (QED) is 0.732. The molecule has 0 saturated heterocycles. The van der Waals surface area contributed by atoms with E-state index in [2.05, 4.69) is 0 Å². The monoisotopic (exact) mass is 192 g/mol. The zero-order chi connectivity index (χ0) is 9.52. The summed E-state index contributed by atoms with van der Waals surface area (Å²) in [6.07, 6.45) is 6.18. The Balaban J connectivity index is 2.45. The maximum Gasteiger partial charge on any atom is 0.192 e. The number of rotatable bonds is 3. The Labute approximate surface area is 82.9 Å². The van der Waals surface area contributed by atoms with Crippen molar-refractivity contribution in [1.29, 1.82) is 0 Å². The highest BCUT2D eigenvalue weighted by atomic mass is 32.2. The van der Waals surface area contributed by atoms with Crippen molar-refractivity contribution in [2.45, 2.75) is 6.42 Å². The van der Waals surface area contributed by atoms with E-state index in [9.17, 15) is 4.79 Å². The summed E-state index contributed by atoms with van der Waals surface area (Å²) < 4.78 is 0. The van der Waals surface area contributed by atoms with Crippen molar-refractivity contribution in [2.24, 2.45) is 0 Å². The first-order valence-corrected chi connectivity index (χ1v) is 5.34. The number of hydrogen-bond acceptors (Lipinski definition) is 2. The molecule has 1 rings (SSSR count). The molecule has 0 aliphatic rings. The smallest absolute Gasteiger partial charge is 0.192 e. The van der Waals surface area contributed by atoms with Crippen LogP contribution in [0.25, 0.3) is 6.08 Å². The molecule has 68 valence electrons. The average Bonchev–Trinajstić information content (AvgIpc) is 2.19. The Morgan fingerprint density at radius 2 is 2.08 bits per heavy atom. The standard InChI is InChI=1S/C11H12OS/c1-13-11(12)9-5-8-10-6-3-2-4-7-10/h2-8H,9H2,1H3/b8-5+. The highest BCUT2D eigenvalue weighted by molar-refractivity contribution is 8.13. The molecular weight excluding hydrogens is 180 g/mol. The summed E-state index contributed by atoms with van der Waals surface area (Å²) in [6, 6.07) is 9.97. The first-order valence-electron chi connectivity index (χ1n) is 4.11. The average molecular weight is 192 g/mol. The van der Waals surface area contributed by atoms with Gasteiger partial charge in [-0.25, -0.2) is 0 Å². The fraction of sp³-hybridized carbons (Fsp3) is 0.182. The molecule has 0 atom stereocenters. The van der Waals surface area contributed by atoms with Crippen LogP contribution in [0.3, 0.4) is 0 Å². The molecule has 0 fully saturated rings. The molecule has 0 spiro atoms. The molecule has 1 aromatic carbocycles. The van der Waals surface area contributed by atoms with Crippen molar-refractivity contribution >= 4 is 23.0 Å². The molecule has 0 N–H and O–H groups in total. The minimum absolute atomic E-state index is 0.201. The molecule has 0 radical (unpaired) electrons. The van der Waals surface area contributed by atoms with Gasteiger partial charge in [0.05, 0.1) is 0 Å². The van der Waals surface area contributed by atoms with E-state index in [0.717, 1.165) is 5.56 Å². The van der Waals surface area contributed by atoms with Gasteiger partial charge in [-0.05, 0) is 11.8 Å². The van der Waals surface area contributed by atoms with E-state index in [0.29, 0.717) is 6.42 Å². The number of benzene rings is 1. The number of hydrogen-bond donors (Lipinski definition) is 0. The normalized spacial score (nSPS) is 10.5. The van der Waals surface area contributed by atoms with Gasteiger partial charge in [-0.1, -0.05) is 54.2 Å². The molecule has 0 amide bonds. The van der Waals surface area contributed by atoms with E-state index in [1.807, 2.05) is 42.5 Å². The van der Waals surface area contributed by atoms with Crippen molar-refractivity contribution in [3.05, 3.63) is 42.0 Å². The summed E-state index contributed by atoms with van der Waals surface area (Å²) in [5, 5.41) is 0.201. The van der Waals surface area contributed by atoms with Crippen molar-refractivity contribution in [1.82, 2.24) is 0 Å². The summed E-state index contributed by atoms with van der Waals surface area (Å²) in [7, 11) is 0. The Kier molecular flexibility index (Phi) is 4.33. The van der Waals surface area contributed by atoms with Crippen LogP contribution in [0.2, 0.25) is 0 Å². The Hall–Kier alpha value is -1.02. The molecule has 0 aliphatic carbocycles. The summed E-state index contributed by atoms with van der Waals surface area (Å²) in [6.45, 7) is 0. The van der Waals surface area contributed by atoms with Crippen molar-refractivity contribution in [3.8, 4) is 0 Å². The minimum Gasteiger partial charge on any atom is -0.287 e. The van der Waals surface area contributed by atoms with Gasteiger partial charge in [-0.2, -0.15) is 0 Å². The topological polar surface area (TPSA) is 17.1 Å². The molecule has 1 aromatic rings. The van der Waals surface area contributed by atoms with Gasteiger partial charge >= 0.3 is 0 Å². The van der Waals surface area contributed by atoms with E-state index in [1.165, 1.54) is 11.8 Å². The highest BCUT2D eigenvalue weighted by Gasteiger charge is 1.92. The molecular formula is C11H12OS. The third-order valence-electron chi connectivity index (χ3n) is 1.62. The molecule has 1 nitrogen and oxygen atoms in total. The number of carbonyl (C=O) groups is 1. The first kappa shape index (κ1) is 10.1. The molecule has 0 saturated carbocycles. The molecule has 0 heterocycles. The van der Waals surface area contributed by atoms with E-state index >= 15 is 0 Å². The van der Waals surface area contributed by atoms with Crippen LogP contribution in [0.5, 0.6) is 0 Å². The number of thioether (sulfide) groups is 1. The fourth-order valence-electron chi connectivity index (χ4n) is 0.939. The van der Waals surface area contributed by atoms with Crippen LogP contribution in [0, 0.1) is 0 Å². The van der Waals surface area contributed by atoms with Gasteiger partial charge in [-0.3, -0.25) is 4.79 Å². The summed E-state index contributed by atoms with van der Waals surface area (Å²) in [5.41, 5.74) is 1.14. The van der Waals surface area contributed by atoms with E-state index in [1.54, 1.807) is 6.26 Å². The SMILES string of the molecule is CSC(=O)C/C=C/c1ccccc1. The summed E-state index contributed by atoms with van der Waals surface area (Å²) in [4.78, 5) is 10.9. The maximum absolute atomic E-state index is 10.9. The first-order chi connectivity index (χ1) is 6.33. The Bertz CT molecular complexity index is 290. The molecule has 2 heteroatoms. The van der Waals surface area contributed by atoms with E-state index in [-0.39, 0.29) is 5.12 Å². The summed E-state index contributed by atoms with van der Waals surface area (Å²) >= 11 is 1.27. The molecule has 13 heavy (non-hydrogen) atoms. The highest BCUT2D eigenvalue weighted by Crippen LogP contribution is 2.04. The zero-order valence-electron chi connectivity index (χ0n) is 7.57. The van der Waals surface area contributed by atoms with Crippen LogP contribution < -0.4 is 0 Å². The van der Waals surface area contributed by atoms with Crippen molar-refractivity contribution < 1.29 is 4.79 Å². The lowest BCUT2D eigenvalue weighted by molar-refractivity contribution is -0.110. The van der Waals surface area contributed by atoms with Gasteiger partial charge in [0, 0.05) is 6.42 Å². The predicted molar refractivity (Wildman–Crippen MR) is 58.6 cm³/mol. The second kappa shape index (κ2) is 5.60. The van der Waals surface area contributed by atoms with Gasteiger partial charge in [0.1, 0.15) is 0 Å². The number of carbonyl (C=O) groups excluding carboxylic acids is 1. The second-order valence-electron chi connectivity index (χ2n) is 2.59. The minimum atomic E-state index is 0.201. The van der Waals surface area contributed by atoms with Crippen LogP contribution in [0.1, 0.15) is 12.0 Å². The third-order valence-corrected chi connectivity index (χ3v) is 2.24. The van der Waals surface area contributed by atoms with Crippen LogP contribution >= 0.6 is 11.8 Å². The van der Waals surface area contributed by atoms with E-state index in [4.69, 9.17) is 0 Å². The van der Waals surface area contributed by atoms with Gasteiger partial charge in [-0.15, -0.1) is 0 Å². The lowest BCUT2D eigenvalue weighted by Gasteiger charge is -1.91. The van der Waals surface area contributed by atoms with Gasteiger partial charge in [0.15, 0.2) is 5.12 Å². The van der Waals surface area contributed by atoms with Crippen molar-refractivity contribution in [3.63, 3.8) is 0 Å². The lowest BCUT2D eigenvalue weighted by Crippen LogP contribution is -1.84. The lowest BCUT2D eigenvalue weighted by atomic mass is 10.2. The van der Waals surface area contributed by atoms with Gasteiger partial charge in [0.2, 0.25) is 0 Å². The maximum atomic E-state index is 10.9. The Morgan fingerprint density at radius 3 is 2.69 bits per heavy atom. The number of allylic oxidation sites excluding steroid dienone is 1. The van der Waals surface area contributed by atoms with Crippen molar-refractivity contribution in [2.75, 3.05) is 6.26 Å². The van der Waals surface area contributed by atoms with Gasteiger partial charge in [0.25, 0.3) is 0 Å². The zero-order valence-corrected chi connectivity index (χ0v) is 8.38. The molecule has 0 aromatic heterocycles. The van der Waals surface area contributed by atoms with Crippen LogP contribution in [0.15, 0.2) is 36.4 Å². The molecule has 0 unspecified atom stereocenters. The van der Waals surface area contributed by atoms with Crippen LogP contribution in [0.4, 0.5) is 0 Å². The predicted octanol–water partition coefficient (Wildman–Crippen LogP) is 2.98. The molecule has 0 aliphatic heterocycles. The largest absolute Gasteiger partial charge is 0.287 e. The fourth-order valence-corrected chi connectivity index (χ4v) is 1.20. The van der Waals surface area contributed by atoms with Gasteiger partial charge < -0.3 is 0 Å². The van der Waals surface area contributed by atoms with E-state index < -0.39 is 0 Å². The van der Waals surface area contributed by atoms with Crippen LogP contribution in [-0.4, -0.2) is 11.4 Å².